The Balaban J connectivity index is -0.0000000648. The fraction of sp³-hybridized carbons (Fsp3) is 0.667. The monoisotopic (exact) mass is 1120 g/mol. The number of methoxy groups -OCH3 is 2. The molecule has 0 aromatic heterocycles. The van der Waals surface area contributed by atoms with E-state index >= 15 is 0 Å². The van der Waals surface area contributed by atoms with Gasteiger partial charge in [-0.2, -0.15) is 0 Å². The smallest absolute Gasteiger partial charge is 0.126 e. The molecule has 6 rings (SSSR count). The van der Waals surface area contributed by atoms with Crippen molar-refractivity contribution in [3.63, 3.8) is 0 Å². The molecule has 0 amide bonds. The first kappa shape index (κ1) is 97.3. The number of aliphatic hydroxyl groups excluding tert-OH is 1. The van der Waals surface area contributed by atoms with Crippen LogP contribution in [0, 0.1) is 20.8 Å². The molecule has 3 saturated heterocycles. The molecule has 0 saturated carbocycles. The lowest BCUT2D eigenvalue weighted by atomic mass is 9.93. The van der Waals surface area contributed by atoms with Crippen LogP contribution in [-0.4, -0.2) is 107 Å². The maximum Gasteiger partial charge on any atom is 0.126 e. The largest absolute Gasteiger partial charge is 0.507 e. The van der Waals surface area contributed by atoms with E-state index in [4.69, 9.17) is 18.7 Å². The van der Waals surface area contributed by atoms with Crippen LogP contribution in [0.3, 0.4) is 0 Å². The fourth-order valence-electron chi connectivity index (χ4n) is 7.54. The van der Waals surface area contributed by atoms with Crippen LogP contribution in [0.4, 0.5) is 0 Å². The van der Waals surface area contributed by atoms with Gasteiger partial charge in [0.15, 0.2) is 0 Å². The number of likely N-dealkylation sites (tertiary alicyclic amines) is 3. The minimum absolute atomic E-state index is 0. The summed E-state index contributed by atoms with van der Waals surface area (Å²) < 4.78 is 28.2. The quantitative estimate of drug-likeness (QED) is 0.264. The molecule has 0 unspecified atom stereocenters. The molecule has 0 atom stereocenters. The molecule has 7 heteroatoms. The Labute approximate surface area is 506 Å². The second-order valence-corrected chi connectivity index (χ2v) is 15.5. The SMILES string of the molecule is C.C.C.CC.CC.CC.CC.CC.CC.CC.CC.CC.CC(=C1CCN(C)CC1)c1cc(C)ccc1O.CO.COc1ccc(C)cc1C(C)=C1CCN(C)CC1.COc1ccc(C)cc1C(C)=C1CCN(C)CC1.[2H]C.[2H]C.[2H]C. The third-order valence-electron chi connectivity index (χ3n) is 11.4. The molecule has 0 aliphatic carbocycles. The zero-order valence-electron chi connectivity index (χ0n) is 60.2. The Morgan fingerprint density at radius 2 is 0.570 bits per heavy atom. The number of aryl methyl sites for hydroxylation is 3. The van der Waals surface area contributed by atoms with Gasteiger partial charge < -0.3 is 34.4 Å². The Hall–Kier alpha value is -3.88. The van der Waals surface area contributed by atoms with E-state index in [2.05, 4.69) is 120 Å². The maximum absolute atomic E-state index is 9.94. The zero-order valence-corrected chi connectivity index (χ0v) is 57.2. The molecule has 3 aromatic rings. The van der Waals surface area contributed by atoms with Crippen molar-refractivity contribution in [2.75, 3.05) is 81.7 Å². The number of phenols is 1. The summed E-state index contributed by atoms with van der Waals surface area (Å²) in [6.45, 7) is 55.9. The third kappa shape index (κ3) is 44.5. The fourth-order valence-corrected chi connectivity index (χ4v) is 7.54. The lowest BCUT2D eigenvalue weighted by Crippen LogP contribution is -2.26. The molecule has 3 fully saturated rings. The zero-order chi connectivity index (χ0) is 64.7. The van der Waals surface area contributed by atoms with Crippen molar-refractivity contribution in [3.8, 4) is 17.2 Å². The topological polar surface area (TPSA) is 68.6 Å². The standard InChI is InChI=1S/2C16H23NO.C15H21NO.9C2H6.CH4O.6CH4/c2*1-12-5-6-16(18-4)15(11-12)13(2)14-7-9-17(3)10-8-14;1-11-4-5-15(17)14(10-11)12(2)13-6-8-16(3)9-7-13;10*1-2;;;;;;/h2*5-6,11H,7-10H2,1-4H3;4-5,10,17H,6-9H2,1-3H3;9*1-2H3;2H,1H3;6*1H4/i;;;;;;;;;;;;;3*1D;;;. The Morgan fingerprint density at radius 3 is 0.785 bits per heavy atom. The van der Waals surface area contributed by atoms with Crippen LogP contribution >= 0.6 is 0 Å². The highest BCUT2D eigenvalue weighted by atomic mass is 16.5. The molecule has 476 valence electrons. The van der Waals surface area contributed by atoms with Crippen LogP contribution in [0.1, 0.15) is 266 Å². The molecule has 0 spiro atoms. The van der Waals surface area contributed by atoms with Gasteiger partial charge in [-0.25, -0.2) is 0 Å². The second kappa shape index (κ2) is 74.1. The number of hydrogen-bond donors (Lipinski definition) is 2. The van der Waals surface area contributed by atoms with Crippen LogP contribution in [0.5, 0.6) is 17.2 Å². The van der Waals surface area contributed by atoms with Crippen molar-refractivity contribution in [1.29, 1.82) is 0 Å². The van der Waals surface area contributed by atoms with E-state index < -0.39 is 0 Å². The molecule has 3 aliphatic rings. The molecule has 0 radical (unpaired) electrons. The van der Waals surface area contributed by atoms with Crippen molar-refractivity contribution in [1.82, 2.24) is 14.7 Å². The van der Waals surface area contributed by atoms with Crippen molar-refractivity contribution in [2.24, 2.45) is 0 Å². The summed E-state index contributed by atoms with van der Waals surface area (Å²) in [7, 11) is 14.8. The number of benzene rings is 3. The summed E-state index contributed by atoms with van der Waals surface area (Å²) in [6.07, 6.45) is 6.96. The summed E-state index contributed by atoms with van der Waals surface area (Å²) in [6, 6.07) is 18.7. The summed E-state index contributed by atoms with van der Waals surface area (Å²) in [5, 5.41) is 16.9. The first-order valence-corrected chi connectivity index (χ1v) is 29.0. The number of piperidine rings is 3. The van der Waals surface area contributed by atoms with E-state index in [9.17, 15) is 5.11 Å². The molecular formula is C72H149N3O4. The lowest BCUT2D eigenvalue weighted by Gasteiger charge is -2.26. The van der Waals surface area contributed by atoms with Gasteiger partial charge in [-0.05, 0) is 154 Å². The highest BCUT2D eigenvalue weighted by Gasteiger charge is 2.18. The normalized spacial score (nSPS) is 12.4. The van der Waals surface area contributed by atoms with Gasteiger partial charge in [0.1, 0.15) is 17.2 Å². The lowest BCUT2D eigenvalue weighted by molar-refractivity contribution is 0.313. The first-order valence-electron chi connectivity index (χ1n) is 32.0. The van der Waals surface area contributed by atoms with Crippen LogP contribution in [0.2, 0.25) is 0 Å². The average molecular weight is 1120 g/mol. The van der Waals surface area contributed by atoms with Crippen molar-refractivity contribution >= 4 is 16.7 Å². The molecule has 7 nitrogen and oxygen atoms in total. The molecule has 3 aliphatic heterocycles. The van der Waals surface area contributed by atoms with Gasteiger partial charge in [0.2, 0.25) is 0 Å². The van der Waals surface area contributed by atoms with Gasteiger partial charge >= 0.3 is 0 Å². The first-order chi connectivity index (χ1) is 38.3. The summed E-state index contributed by atoms with van der Waals surface area (Å²) in [5.41, 5.74) is 16.0. The minimum Gasteiger partial charge on any atom is -0.507 e. The number of allylic oxidation sites excluding steroid dienone is 3. The number of aliphatic hydroxyl groups is 1. The van der Waals surface area contributed by atoms with E-state index in [0.717, 1.165) is 50.1 Å². The maximum atomic E-state index is 9.94. The van der Waals surface area contributed by atoms with E-state index in [1.165, 1.54) is 124 Å². The Bertz CT molecular complexity index is 1690. The van der Waals surface area contributed by atoms with Gasteiger partial charge in [-0.1, -0.05) is 221 Å². The number of rotatable bonds is 5. The molecule has 3 aromatic carbocycles. The predicted molar refractivity (Wildman–Crippen MR) is 377 cm³/mol. The number of ether oxygens (including phenoxy) is 2. The minimum atomic E-state index is 0. The number of hydrogen-bond acceptors (Lipinski definition) is 7. The summed E-state index contributed by atoms with van der Waals surface area (Å²) in [5.74, 6) is 2.38. The second-order valence-electron chi connectivity index (χ2n) is 15.5. The van der Waals surface area contributed by atoms with Gasteiger partial charge in [0.25, 0.3) is 0 Å². The van der Waals surface area contributed by atoms with Crippen molar-refractivity contribution < 1.29 is 23.8 Å². The van der Waals surface area contributed by atoms with Crippen LogP contribution in [-0.2, 0) is 0 Å². The molecule has 3 heterocycles. The molecular weight excluding hydrogens is 971 g/mol. The van der Waals surface area contributed by atoms with Crippen LogP contribution in [0.15, 0.2) is 71.3 Å². The Morgan fingerprint density at radius 1 is 0.380 bits per heavy atom. The van der Waals surface area contributed by atoms with Crippen LogP contribution < -0.4 is 9.47 Å². The van der Waals surface area contributed by atoms with Gasteiger partial charge in [0, 0.05) is 67.2 Å². The van der Waals surface area contributed by atoms with Crippen molar-refractivity contribution in [2.45, 2.75) is 249 Å². The molecule has 79 heavy (non-hydrogen) atoms. The van der Waals surface area contributed by atoms with Crippen molar-refractivity contribution in [3.05, 3.63) is 105 Å². The van der Waals surface area contributed by atoms with E-state index in [-0.39, 0.29) is 22.3 Å². The van der Waals surface area contributed by atoms with E-state index in [0.29, 0.717) is 5.75 Å². The van der Waals surface area contributed by atoms with Crippen LogP contribution in [0.25, 0.3) is 16.7 Å². The average Bonchev–Trinajstić information content (AvgIpc) is 3.54. The van der Waals surface area contributed by atoms with E-state index in [1.54, 1.807) is 31.4 Å². The predicted octanol–water partition coefficient (Wildman–Crippen LogP) is 22.9. The van der Waals surface area contributed by atoms with Gasteiger partial charge in [-0.3, -0.25) is 0 Å². The molecule has 0 bridgehead atoms. The summed E-state index contributed by atoms with van der Waals surface area (Å²) in [4.78, 5) is 7.14. The highest BCUT2D eigenvalue weighted by molar-refractivity contribution is 5.74. The number of phenolic OH excluding ortho intramolecular Hbond substituents is 1. The third-order valence-corrected chi connectivity index (χ3v) is 11.4. The number of aromatic hydroxyl groups is 1. The molecule has 2 N–H and O–H groups in total. The Kier molecular flexibility index (Phi) is 91.3. The van der Waals surface area contributed by atoms with Gasteiger partial charge in [0.05, 0.1) is 14.2 Å². The van der Waals surface area contributed by atoms with Gasteiger partial charge in [-0.15, -0.1) is 0 Å². The van der Waals surface area contributed by atoms with E-state index in [1.807, 2.05) is 131 Å². The highest BCUT2D eigenvalue weighted by Crippen LogP contribution is 2.35. The summed E-state index contributed by atoms with van der Waals surface area (Å²) >= 11 is 0. The number of nitrogens with zero attached hydrogens (tertiary/aromatic N) is 3.